The average molecular weight is 454 g/mol. The van der Waals surface area contributed by atoms with Gasteiger partial charge in [-0.2, -0.15) is 5.10 Å². The number of nitrogens with one attached hydrogen (secondary N) is 2. The Labute approximate surface area is 192 Å². The highest BCUT2D eigenvalue weighted by Gasteiger charge is 2.41. The number of hydrogen-bond donors (Lipinski definition) is 3. The van der Waals surface area contributed by atoms with Crippen molar-refractivity contribution in [1.82, 2.24) is 25.3 Å². The van der Waals surface area contributed by atoms with Gasteiger partial charge in [0.05, 0.1) is 17.1 Å². The molecule has 3 saturated heterocycles. The van der Waals surface area contributed by atoms with Crippen LogP contribution in [0.2, 0.25) is 0 Å². The molecule has 4 heterocycles. The number of imide groups is 1. The molecule has 1 atom stereocenters. The van der Waals surface area contributed by atoms with E-state index in [4.69, 9.17) is 0 Å². The van der Waals surface area contributed by atoms with Crippen molar-refractivity contribution in [3.8, 4) is 0 Å². The Morgan fingerprint density at radius 3 is 2.58 bits per heavy atom. The van der Waals surface area contributed by atoms with Gasteiger partial charge in [-0.1, -0.05) is 12.1 Å². The second-order valence-electron chi connectivity index (χ2n) is 9.64. The van der Waals surface area contributed by atoms with E-state index in [-0.39, 0.29) is 17.7 Å². The summed E-state index contributed by atoms with van der Waals surface area (Å²) in [7, 11) is 1.88. The summed E-state index contributed by atoms with van der Waals surface area (Å²) < 4.78 is 1.81. The van der Waals surface area contributed by atoms with E-state index in [1.807, 2.05) is 22.7 Å². The first-order valence-electron chi connectivity index (χ1n) is 11.9. The number of carbonyl (C=O) groups excluding carboxylic acids is 3. The molecule has 9 nitrogen and oxygen atoms in total. The summed E-state index contributed by atoms with van der Waals surface area (Å²) in [5.74, 6) is -0.709. The van der Waals surface area contributed by atoms with Crippen molar-refractivity contribution in [3.05, 3.63) is 29.5 Å². The van der Waals surface area contributed by atoms with Crippen LogP contribution in [0.1, 0.15) is 61.6 Å². The molecular formula is C24H31N5O4. The number of hydrogen-bond acceptors (Lipinski definition) is 6. The van der Waals surface area contributed by atoms with Crippen molar-refractivity contribution in [3.63, 3.8) is 0 Å². The fraction of sp³-hybridized carbons (Fsp3) is 0.583. The highest BCUT2D eigenvalue weighted by atomic mass is 16.3. The predicted molar refractivity (Wildman–Crippen MR) is 121 cm³/mol. The summed E-state index contributed by atoms with van der Waals surface area (Å²) in [6.45, 7) is 2.63. The summed E-state index contributed by atoms with van der Waals surface area (Å²) in [5, 5.41) is 22.0. The van der Waals surface area contributed by atoms with Gasteiger partial charge in [0.15, 0.2) is 0 Å². The topological polar surface area (TPSA) is 117 Å². The summed E-state index contributed by atoms with van der Waals surface area (Å²) in [6.07, 6.45) is 3.45. The van der Waals surface area contributed by atoms with E-state index >= 15 is 0 Å². The molecule has 1 aromatic carbocycles. The average Bonchev–Trinajstić information content (AvgIpc) is 3.15. The molecule has 1 aromatic heterocycles. The Bertz CT molecular complexity index is 1100. The van der Waals surface area contributed by atoms with Crippen molar-refractivity contribution < 1.29 is 19.5 Å². The molecule has 3 aliphatic heterocycles. The van der Waals surface area contributed by atoms with Gasteiger partial charge in [-0.25, -0.2) is 0 Å². The number of aromatic nitrogens is 2. The number of aliphatic hydroxyl groups is 1. The molecule has 3 aliphatic rings. The van der Waals surface area contributed by atoms with E-state index in [2.05, 4.69) is 27.9 Å². The van der Waals surface area contributed by atoms with Gasteiger partial charge in [-0.05, 0) is 62.7 Å². The number of fused-ring (bicyclic) bond motifs is 1. The highest BCUT2D eigenvalue weighted by molar-refractivity contribution is 6.02. The molecule has 176 valence electrons. The van der Waals surface area contributed by atoms with Crippen LogP contribution >= 0.6 is 0 Å². The van der Waals surface area contributed by atoms with Crippen LogP contribution in [0.4, 0.5) is 0 Å². The Morgan fingerprint density at radius 2 is 1.88 bits per heavy atom. The fourth-order valence-electron chi connectivity index (χ4n) is 5.53. The number of piperidine rings is 3. The van der Waals surface area contributed by atoms with Crippen LogP contribution in [-0.2, 0) is 21.4 Å². The number of benzene rings is 1. The monoisotopic (exact) mass is 453 g/mol. The molecule has 2 aromatic rings. The quantitative estimate of drug-likeness (QED) is 0.595. The maximum absolute atomic E-state index is 12.9. The molecule has 3 amide bonds. The normalized spacial score (nSPS) is 24.2. The van der Waals surface area contributed by atoms with Crippen LogP contribution in [-0.4, -0.2) is 69.3 Å². The van der Waals surface area contributed by atoms with E-state index < -0.39 is 11.5 Å². The van der Waals surface area contributed by atoms with E-state index in [0.29, 0.717) is 57.8 Å². The first kappa shape index (κ1) is 22.0. The molecule has 0 aliphatic carbocycles. The SMILES string of the molecule is Cn1nc(C2CCC(=O)NC2=O)c2ccc(C3CCN(C(=O)C4(O)CCNCC4)CC3)cc21. The number of nitrogens with zero attached hydrogens (tertiary/aromatic N) is 3. The van der Waals surface area contributed by atoms with Crippen molar-refractivity contribution in [2.45, 2.75) is 56.0 Å². The largest absolute Gasteiger partial charge is 0.380 e. The molecule has 3 fully saturated rings. The van der Waals surface area contributed by atoms with Gasteiger partial charge in [0.2, 0.25) is 11.8 Å². The minimum Gasteiger partial charge on any atom is -0.380 e. The molecule has 33 heavy (non-hydrogen) atoms. The fourth-order valence-corrected chi connectivity index (χ4v) is 5.53. The smallest absolute Gasteiger partial charge is 0.254 e. The first-order valence-corrected chi connectivity index (χ1v) is 11.9. The third-order valence-electron chi connectivity index (χ3n) is 7.56. The molecule has 0 spiro atoms. The molecule has 0 saturated carbocycles. The lowest BCUT2D eigenvalue weighted by molar-refractivity contribution is -0.155. The Kier molecular flexibility index (Phi) is 5.70. The van der Waals surface area contributed by atoms with Crippen LogP contribution in [0.25, 0.3) is 10.9 Å². The Hall–Kier alpha value is -2.78. The molecule has 5 rings (SSSR count). The zero-order valence-corrected chi connectivity index (χ0v) is 19.0. The lowest BCUT2D eigenvalue weighted by Crippen LogP contribution is -2.55. The van der Waals surface area contributed by atoms with Crippen LogP contribution < -0.4 is 10.6 Å². The molecule has 0 bridgehead atoms. The Balaban J connectivity index is 1.30. The van der Waals surface area contributed by atoms with Crippen LogP contribution in [0.3, 0.4) is 0 Å². The van der Waals surface area contributed by atoms with Crippen LogP contribution in [0.5, 0.6) is 0 Å². The maximum atomic E-state index is 12.9. The third kappa shape index (κ3) is 4.04. The zero-order chi connectivity index (χ0) is 23.2. The van der Waals surface area contributed by atoms with Gasteiger partial charge in [0, 0.05) is 31.9 Å². The molecule has 0 radical (unpaired) electrons. The van der Waals surface area contributed by atoms with Gasteiger partial charge < -0.3 is 15.3 Å². The van der Waals surface area contributed by atoms with Gasteiger partial charge >= 0.3 is 0 Å². The second-order valence-corrected chi connectivity index (χ2v) is 9.64. The summed E-state index contributed by atoms with van der Waals surface area (Å²) in [6, 6.07) is 6.27. The first-order chi connectivity index (χ1) is 15.9. The predicted octanol–water partition coefficient (Wildman–Crippen LogP) is 0.914. The van der Waals surface area contributed by atoms with Crippen molar-refractivity contribution in [2.75, 3.05) is 26.2 Å². The number of aryl methyl sites for hydroxylation is 1. The van der Waals surface area contributed by atoms with Gasteiger partial charge in [-0.15, -0.1) is 0 Å². The molecule has 1 unspecified atom stereocenters. The van der Waals surface area contributed by atoms with Crippen molar-refractivity contribution in [1.29, 1.82) is 0 Å². The number of likely N-dealkylation sites (tertiary alicyclic amines) is 1. The van der Waals surface area contributed by atoms with Crippen molar-refractivity contribution in [2.24, 2.45) is 7.05 Å². The minimum atomic E-state index is -1.22. The number of amides is 3. The minimum absolute atomic E-state index is 0.126. The van der Waals surface area contributed by atoms with E-state index in [1.54, 1.807) is 0 Å². The van der Waals surface area contributed by atoms with Crippen LogP contribution in [0.15, 0.2) is 18.2 Å². The van der Waals surface area contributed by atoms with Crippen molar-refractivity contribution >= 4 is 28.6 Å². The van der Waals surface area contributed by atoms with E-state index in [0.717, 1.165) is 29.4 Å². The standard InChI is InChI=1S/C24H31N5O4/c1-28-19-14-16(2-3-17(19)21(27-28)18-4-5-20(30)26-22(18)31)15-6-12-29(13-7-15)23(32)24(33)8-10-25-11-9-24/h2-3,14-15,18,25,33H,4-13H2,1H3,(H,26,30,31). The maximum Gasteiger partial charge on any atom is 0.254 e. The zero-order valence-electron chi connectivity index (χ0n) is 19.0. The summed E-state index contributed by atoms with van der Waals surface area (Å²) in [5.41, 5.74) is 1.67. The summed E-state index contributed by atoms with van der Waals surface area (Å²) in [4.78, 5) is 38.6. The molecule has 3 N–H and O–H groups in total. The third-order valence-corrected chi connectivity index (χ3v) is 7.56. The number of carbonyl (C=O) groups is 3. The summed E-state index contributed by atoms with van der Waals surface area (Å²) >= 11 is 0. The lowest BCUT2D eigenvalue weighted by atomic mass is 9.86. The Morgan fingerprint density at radius 1 is 1.15 bits per heavy atom. The van der Waals surface area contributed by atoms with Crippen LogP contribution in [0, 0.1) is 0 Å². The van der Waals surface area contributed by atoms with Gasteiger partial charge in [-0.3, -0.25) is 24.4 Å². The molecule has 9 heteroatoms. The van der Waals surface area contributed by atoms with Gasteiger partial charge in [0.25, 0.3) is 5.91 Å². The molecular weight excluding hydrogens is 422 g/mol. The lowest BCUT2D eigenvalue weighted by Gasteiger charge is -2.39. The highest BCUT2D eigenvalue weighted by Crippen LogP contribution is 2.35. The second kappa shape index (κ2) is 8.53. The number of rotatable bonds is 3. The van der Waals surface area contributed by atoms with Gasteiger partial charge in [0.1, 0.15) is 5.60 Å². The van der Waals surface area contributed by atoms with E-state index in [9.17, 15) is 19.5 Å². The van der Waals surface area contributed by atoms with E-state index in [1.165, 1.54) is 5.56 Å².